The van der Waals surface area contributed by atoms with E-state index in [2.05, 4.69) is 15.5 Å². The number of amides is 1. The summed E-state index contributed by atoms with van der Waals surface area (Å²) in [5, 5.41) is 6.73. The third-order valence-electron chi connectivity index (χ3n) is 2.57. The predicted octanol–water partition coefficient (Wildman–Crippen LogP) is 1.29. The van der Waals surface area contributed by atoms with Gasteiger partial charge < -0.3 is 9.84 Å². The summed E-state index contributed by atoms with van der Waals surface area (Å²) >= 11 is 0. The van der Waals surface area contributed by atoms with Gasteiger partial charge in [0.15, 0.2) is 5.82 Å². The molecule has 82 valence electrons. The number of hydrogen-bond donors (Lipinski definition) is 1. The largest absolute Gasteiger partial charge is 0.345 e. The van der Waals surface area contributed by atoms with Gasteiger partial charge in [-0.25, -0.2) is 0 Å². The first-order valence-electron chi connectivity index (χ1n) is 5.25. The van der Waals surface area contributed by atoms with E-state index in [1.54, 1.807) is 0 Å². The molecule has 0 bridgehead atoms. The zero-order valence-corrected chi connectivity index (χ0v) is 8.93. The molecule has 0 aliphatic heterocycles. The molecule has 0 aromatic carbocycles. The Balaban J connectivity index is 2.03. The normalized spacial score (nSPS) is 17.8. The number of nitrogens with zero attached hydrogens (tertiary/aromatic N) is 2. The number of hydrogen-bond acceptors (Lipinski definition) is 4. The highest BCUT2D eigenvalue weighted by atomic mass is 16.5. The van der Waals surface area contributed by atoms with Crippen LogP contribution in [0.2, 0.25) is 0 Å². The molecule has 0 spiro atoms. The average Bonchev–Trinajstić information content (AvgIpc) is 2.91. The number of carbonyl (C=O) groups is 1. The maximum absolute atomic E-state index is 11.6. The van der Waals surface area contributed by atoms with Crippen molar-refractivity contribution in [1.29, 1.82) is 0 Å². The summed E-state index contributed by atoms with van der Waals surface area (Å²) in [6.07, 6.45) is 3.29. The average molecular weight is 209 g/mol. The molecule has 15 heavy (non-hydrogen) atoms. The van der Waals surface area contributed by atoms with E-state index in [-0.39, 0.29) is 23.8 Å². The summed E-state index contributed by atoms with van der Waals surface area (Å²) < 4.78 is 4.69. The standard InChI is InChI=1S/C10H15N3O2/c1-6(2)8(9-11-5-15-13-9)12-10(14)7-3-4-7/h5-8H,3-4H2,1-2H3,(H,12,14). The molecule has 1 fully saturated rings. The van der Waals surface area contributed by atoms with Crippen LogP contribution in [0.1, 0.15) is 38.6 Å². The third-order valence-corrected chi connectivity index (χ3v) is 2.57. The molecule has 5 nitrogen and oxygen atoms in total. The second-order valence-electron chi connectivity index (χ2n) is 4.29. The molecule has 1 aromatic rings. The van der Waals surface area contributed by atoms with Gasteiger partial charge in [-0.05, 0) is 18.8 Å². The van der Waals surface area contributed by atoms with Crippen LogP contribution in [0.25, 0.3) is 0 Å². The first-order chi connectivity index (χ1) is 7.18. The summed E-state index contributed by atoms with van der Waals surface area (Å²) in [7, 11) is 0. The summed E-state index contributed by atoms with van der Waals surface area (Å²) in [5.41, 5.74) is 0. The Morgan fingerprint density at radius 1 is 1.60 bits per heavy atom. The molecule has 0 saturated heterocycles. The fraction of sp³-hybridized carbons (Fsp3) is 0.700. The molecular formula is C10H15N3O2. The zero-order chi connectivity index (χ0) is 10.8. The molecule has 1 aliphatic rings. The van der Waals surface area contributed by atoms with Gasteiger partial charge in [0, 0.05) is 5.92 Å². The lowest BCUT2D eigenvalue weighted by molar-refractivity contribution is -0.123. The van der Waals surface area contributed by atoms with E-state index in [1.165, 1.54) is 6.39 Å². The van der Waals surface area contributed by atoms with E-state index in [0.717, 1.165) is 12.8 Å². The molecule has 1 aliphatic carbocycles. The second kappa shape index (κ2) is 4.00. The maximum atomic E-state index is 11.6. The molecule has 1 aromatic heterocycles. The smallest absolute Gasteiger partial charge is 0.223 e. The van der Waals surface area contributed by atoms with Gasteiger partial charge in [0.2, 0.25) is 12.3 Å². The lowest BCUT2D eigenvalue weighted by atomic mass is 10.0. The summed E-state index contributed by atoms with van der Waals surface area (Å²) in [6, 6.07) is -0.142. The van der Waals surface area contributed by atoms with Gasteiger partial charge in [-0.2, -0.15) is 4.98 Å². The molecule has 1 unspecified atom stereocenters. The van der Waals surface area contributed by atoms with Crippen LogP contribution in [0, 0.1) is 11.8 Å². The molecule has 1 heterocycles. The molecule has 1 amide bonds. The number of carbonyl (C=O) groups excluding carboxylic acids is 1. The Morgan fingerprint density at radius 2 is 2.33 bits per heavy atom. The van der Waals surface area contributed by atoms with Crippen molar-refractivity contribution in [2.45, 2.75) is 32.7 Å². The minimum Gasteiger partial charge on any atom is -0.345 e. The highest BCUT2D eigenvalue weighted by molar-refractivity contribution is 5.81. The van der Waals surface area contributed by atoms with Crippen molar-refractivity contribution in [3.8, 4) is 0 Å². The van der Waals surface area contributed by atoms with Crippen LogP contribution in [-0.4, -0.2) is 16.0 Å². The van der Waals surface area contributed by atoms with Crippen molar-refractivity contribution < 1.29 is 9.32 Å². The summed E-state index contributed by atoms with van der Waals surface area (Å²) in [6.45, 7) is 4.04. The predicted molar refractivity (Wildman–Crippen MR) is 52.7 cm³/mol. The SMILES string of the molecule is CC(C)C(NC(=O)C1CC1)c1ncon1. The molecular weight excluding hydrogens is 194 g/mol. The third kappa shape index (κ3) is 2.34. The lowest BCUT2D eigenvalue weighted by Gasteiger charge is -2.18. The first kappa shape index (κ1) is 10.1. The number of rotatable bonds is 4. The van der Waals surface area contributed by atoms with Gasteiger partial charge in [0.25, 0.3) is 0 Å². The van der Waals surface area contributed by atoms with Gasteiger partial charge in [-0.1, -0.05) is 19.0 Å². The van der Waals surface area contributed by atoms with Crippen LogP contribution in [0.3, 0.4) is 0 Å². The Morgan fingerprint density at radius 3 is 2.80 bits per heavy atom. The van der Waals surface area contributed by atoms with Gasteiger partial charge in [-0.3, -0.25) is 4.79 Å². The fourth-order valence-electron chi connectivity index (χ4n) is 1.46. The van der Waals surface area contributed by atoms with E-state index in [1.807, 2.05) is 13.8 Å². The van der Waals surface area contributed by atoms with E-state index < -0.39 is 0 Å². The topological polar surface area (TPSA) is 68.0 Å². The highest BCUT2D eigenvalue weighted by Gasteiger charge is 2.32. The van der Waals surface area contributed by atoms with Crippen molar-refractivity contribution in [3.63, 3.8) is 0 Å². The van der Waals surface area contributed by atoms with Crippen molar-refractivity contribution >= 4 is 5.91 Å². The summed E-state index contributed by atoms with van der Waals surface area (Å²) in [4.78, 5) is 15.6. The Labute approximate surface area is 88.2 Å². The number of nitrogens with one attached hydrogen (secondary N) is 1. The van der Waals surface area contributed by atoms with Crippen LogP contribution in [-0.2, 0) is 4.79 Å². The van der Waals surface area contributed by atoms with E-state index in [4.69, 9.17) is 4.52 Å². The van der Waals surface area contributed by atoms with Gasteiger partial charge in [-0.15, -0.1) is 0 Å². The Kier molecular flexibility index (Phi) is 2.70. The van der Waals surface area contributed by atoms with Crippen LogP contribution < -0.4 is 5.32 Å². The van der Waals surface area contributed by atoms with E-state index >= 15 is 0 Å². The van der Waals surface area contributed by atoms with Crippen LogP contribution in [0.4, 0.5) is 0 Å². The van der Waals surface area contributed by atoms with Crippen molar-refractivity contribution in [3.05, 3.63) is 12.2 Å². The lowest BCUT2D eigenvalue weighted by Crippen LogP contribution is -2.33. The minimum atomic E-state index is -0.142. The molecule has 1 N–H and O–H groups in total. The molecule has 1 saturated carbocycles. The molecule has 5 heteroatoms. The number of aromatic nitrogens is 2. The Bertz CT molecular complexity index is 330. The highest BCUT2D eigenvalue weighted by Crippen LogP contribution is 2.30. The van der Waals surface area contributed by atoms with Crippen LogP contribution in [0.15, 0.2) is 10.9 Å². The second-order valence-corrected chi connectivity index (χ2v) is 4.29. The maximum Gasteiger partial charge on any atom is 0.223 e. The van der Waals surface area contributed by atoms with Gasteiger partial charge in [0.1, 0.15) is 0 Å². The van der Waals surface area contributed by atoms with E-state index in [0.29, 0.717) is 5.82 Å². The molecule has 0 radical (unpaired) electrons. The van der Waals surface area contributed by atoms with Crippen LogP contribution >= 0.6 is 0 Å². The quantitative estimate of drug-likeness (QED) is 0.811. The first-order valence-corrected chi connectivity index (χ1v) is 5.25. The minimum absolute atomic E-state index is 0.110. The van der Waals surface area contributed by atoms with Crippen molar-refractivity contribution in [2.75, 3.05) is 0 Å². The van der Waals surface area contributed by atoms with Crippen molar-refractivity contribution in [2.24, 2.45) is 11.8 Å². The monoisotopic (exact) mass is 209 g/mol. The van der Waals surface area contributed by atoms with Crippen LogP contribution in [0.5, 0.6) is 0 Å². The van der Waals surface area contributed by atoms with Gasteiger partial charge in [0.05, 0.1) is 6.04 Å². The van der Waals surface area contributed by atoms with Gasteiger partial charge >= 0.3 is 0 Å². The van der Waals surface area contributed by atoms with E-state index in [9.17, 15) is 4.79 Å². The molecule has 2 rings (SSSR count). The fourth-order valence-corrected chi connectivity index (χ4v) is 1.46. The van der Waals surface area contributed by atoms with Crippen molar-refractivity contribution in [1.82, 2.24) is 15.5 Å². The molecule has 1 atom stereocenters. The summed E-state index contributed by atoms with van der Waals surface area (Å²) in [5.74, 6) is 1.13. The Hall–Kier alpha value is -1.39. The zero-order valence-electron chi connectivity index (χ0n) is 8.93.